The lowest BCUT2D eigenvalue weighted by molar-refractivity contribution is 0.222. The van der Waals surface area contributed by atoms with Crippen LogP contribution in [0.3, 0.4) is 0 Å². The summed E-state index contributed by atoms with van der Waals surface area (Å²) < 4.78 is 5.45. The predicted octanol–water partition coefficient (Wildman–Crippen LogP) is 1.15. The Morgan fingerprint density at radius 3 is 2.39 bits per heavy atom. The first-order chi connectivity index (χ1) is 8.40. The molecule has 1 aromatic heterocycles. The van der Waals surface area contributed by atoms with Crippen molar-refractivity contribution < 1.29 is 4.74 Å². The lowest BCUT2D eigenvalue weighted by atomic mass is 10.2. The van der Waals surface area contributed by atoms with E-state index >= 15 is 0 Å². The van der Waals surface area contributed by atoms with E-state index in [4.69, 9.17) is 10.6 Å². The number of ether oxygens (including phenoxy) is 1. The molecule has 0 aliphatic heterocycles. The van der Waals surface area contributed by atoms with E-state index in [1.165, 1.54) is 0 Å². The summed E-state index contributed by atoms with van der Waals surface area (Å²) in [5.41, 5.74) is 2.71. The molecule has 1 aliphatic carbocycles. The maximum absolute atomic E-state index is 5.45. The number of nitrogens with one attached hydrogen (secondary N) is 2. The first kappa shape index (κ1) is 12.8. The molecule has 0 spiro atoms. The monoisotopic (exact) mass is 252 g/mol. The molecular formula is C11H20N6O. The molecule has 1 saturated carbocycles. The molecule has 1 heterocycles. The second-order valence-corrected chi connectivity index (χ2v) is 5.47. The fraction of sp³-hybridized carbons (Fsp3) is 0.727. The van der Waals surface area contributed by atoms with E-state index in [1.54, 1.807) is 0 Å². The number of aromatic nitrogens is 3. The van der Waals surface area contributed by atoms with E-state index in [1.807, 2.05) is 13.8 Å². The third kappa shape index (κ3) is 2.98. The van der Waals surface area contributed by atoms with Crippen LogP contribution in [0.5, 0.6) is 6.01 Å². The number of hydrogen-bond donors (Lipinski definition) is 3. The molecule has 0 bridgehead atoms. The highest BCUT2D eigenvalue weighted by Gasteiger charge is 2.46. The summed E-state index contributed by atoms with van der Waals surface area (Å²) in [4.78, 5) is 12.4. The highest BCUT2D eigenvalue weighted by molar-refractivity contribution is 5.38. The number of nitrogens with zero attached hydrogens (tertiary/aromatic N) is 3. The summed E-state index contributed by atoms with van der Waals surface area (Å²) in [5, 5.41) is 3.26. The zero-order valence-electron chi connectivity index (χ0n) is 11.2. The molecule has 0 radical (unpaired) electrons. The van der Waals surface area contributed by atoms with Crippen molar-refractivity contribution in [1.29, 1.82) is 0 Å². The van der Waals surface area contributed by atoms with Crippen LogP contribution < -0.4 is 21.3 Å². The van der Waals surface area contributed by atoms with Crippen LogP contribution in [-0.4, -0.2) is 27.1 Å². The van der Waals surface area contributed by atoms with Crippen molar-refractivity contribution in [2.75, 3.05) is 10.7 Å². The van der Waals surface area contributed by atoms with Crippen molar-refractivity contribution in [2.24, 2.45) is 11.3 Å². The molecule has 7 heteroatoms. The van der Waals surface area contributed by atoms with E-state index in [0.29, 0.717) is 23.4 Å². The number of hydrogen-bond acceptors (Lipinski definition) is 7. The number of nitrogens with two attached hydrogens (primary N) is 1. The van der Waals surface area contributed by atoms with Gasteiger partial charge in [-0.1, -0.05) is 13.8 Å². The molecule has 1 unspecified atom stereocenters. The summed E-state index contributed by atoms with van der Waals surface area (Å²) >= 11 is 0. The smallest absolute Gasteiger partial charge is 0.323 e. The normalized spacial score (nSPS) is 20.7. The van der Waals surface area contributed by atoms with Gasteiger partial charge >= 0.3 is 6.01 Å². The fourth-order valence-corrected chi connectivity index (χ4v) is 1.62. The lowest BCUT2D eigenvalue weighted by Crippen LogP contribution is -2.18. The number of hydrazine groups is 1. The Labute approximate surface area is 107 Å². The summed E-state index contributed by atoms with van der Waals surface area (Å²) in [6.07, 6.45) is 1.10. The minimum absolute atomic E-state index is 0.00300. The highest BCUT2D eigenvalue weighted by Crippen LogP contribution is 2.46. The van der Waals surface area contributed by atoms with E-state index in [2.05, 4.69) is 39.5 Å². The van der Waals surface area contributed by atoms with Crippen LogP contribution in [0, 0.1) is 5.41 Å². The lowest BCUT2D eigenvalue weighted by Gasteiger charge is -2.11. The Bertz CT molecular complexity index is 434. The van der Waals surface area contributed by atoms with Gasteiger partial charge in [0.25, 0.3) is 0 Å². The highest BCUT2D eigenvalue weighted by atomic mass is 16.5. The average Bonchev–Trinajstić information content (AvgIpc) is 2.84. The van der Waals surface area contributed by atoms with Gasteiger partial charge in [-0.25, -0.2) is 5.84 Å². The summed E-state index contributed by atoms with van der Waals surface area (Å²) in [6, 6.07) is 0.659. The Hall–Kier alpha value is -1.63. The molecular weight excluding hydrogens is 232 g/mol. The van der Waals surface area contributed by atoms with Gasteiger partial charge < -0.3 is 10.1 Å². The average molecular weight is 252 g/mol. The van der Waals surface area contributed by atoms with Crippen LogP contribution in [0.15, 0.2) is 0 Å². The molecule has 7 nitrogen and oxygen atoms in total. The van der Waals surface area contributed by atoms with Crippen molar-refractivity contribution in [3.05, 3.63) is 0 Å². The van der Waals surface area contributed by atoms with Gasteiger partial charge in [0.1, 0.15) is 0 Å². The quantitative estimate of drug-likeness (QED) is 0.534. The Morgan fingerprint density at radius 1 is 1.28 bits per heavy atom. The predicted molar refractivity (Wildman–Crippen MR) is 69.2 cm³/mol. The standard InChI is InChI=1S/C11H20N6O/c1-6(2)18-10-15-8(14-9(16-10)17-12)13-7-5-11(7,3)4/h6-7H,5,12H2,1-4H3,(H2,13,14,15,16,17). The third-order valence-corrected chi connectivity index (χ3v) is 2.90. The minimum Gasteiger partial charge on any atom is -0.461 e. The first-order valence-electron chi connectivity index (χ1n) is 6.06. The van der Waals surface area contributed by atoms with Gasteiger partial charge in [-0.05, 0) is 25.7 Å². The van der Waals surface area contributed by atoms with Crippen LogP contribution in [0.2, 0.25) is 0 Å². The van der Waals surface area contributed by atoms with Crippen LogP contribution in [0.1, 0.15) is 34.1 Å². The maximum Gasteiger partial charge on any atom is 0.323 e. The van der Waals surface area contributed by atoms with Gasteiger partial charge in [0.05, 0.1) is 6.10 Å². The van der Waals surface area contributed by atoms with Gasteiger partial charge in [0, 0.05) is 6.04 Å². The number of anilines is 2. The Morgan fingerprint density at radius 2 is 1.89 bits per heavy atom. The van der Waals surface area contributed by atoms with Gasteiger partial charge in [-0.2, -0.15) is 15.0 Å². The minimum atomic E-state index is 0.00300. The molecule has 100 valence electrons. The third-order valence-electron chi connectivity index (χ3n) is 2.90. The molecule has 4 N–H and O–H groups in total. The van der Waals surface area contributed by atoms with Crippen LogP contribution in [0.25, 0.3) is 0 Å². The van der Waals surface area contributed by atoms with Crippen molar-refractivity contribution in [1.82, 2.24) is 15.0 Å². The van der Waals surface area contributed by atoms with E-state index in [-0.39, 0.29) is 12.1 Å². The molecule has 1 fully saturated rings. The van der Waals surface area contributed by atoms with Gasteiger partial charge in [0.2, 0.25) is 11.9 Å². The topological polar surface area (TPSA) is 98.0 Å². The second kappa shape index (κ2) is 4.56. The maximum atomic E-state index is 5.45. The zero-order valence-corrected chi connectivity index (χ0v) is 11.2. The van der Waals surface area contributed by atoms with Crippen LogP contribution in [-0.2, 0) is 0 Å². The summed E-state index contributed by atoms with van der Waals surface area (Å²) in [6.45, 7) is 8.21. The van der Waals surface area contributed by atoms with Gasteiger partial charge in [0.15, 0.2) is 0 Å². The SMILES string of the molecule is CC(C)Oc1nc(NN)nc(NC2CC2(C)C)n1. The molecule has 0 aromatic carbocycles. The molecule has 1 aliphatic rings. The summed E-state index contributed by atoms with van der Waals surface area (Å²) in [7, 11) is 0. The molecule has 1 aromatic rings. The fourth-order valence-electron chi connectivity index (χ4n) is 1.62. The van der Waals surface area contributed by atoms with E-state index < -0.39 is 0 Å². The van der Waals surface area contributed by atoms with E-state index in [9.17, 15) is 0 Å². The van der Waals surface area contributed by atoms with Crippen LogP contribution >= 0.6 is 0 Å². The Balaban J connectivity index is 2.13. The van der Waals surface area contributed by atoms with Gasteiger partial charge in [-0.15, -0.1) is 0 Å². The zero-order chi connectivity index (χ0) is 13.3. The van der Waals surface area contributed by atoms with Crippen molar-refractivity contribution in [2.45, 2.75) is 46.3 Å². The molecule has 1 atom stereocenters. The number of rotatable bonds is 5. The van der Waals surface area contributed by atoms with Crippen molar-refractivity contribution in [3.8, 4) is 6.01 Å². The molecule has 18 heavy (non-hydrogen) atoms. The number of nitrogen functional groups attached to an aromatic ring is 1. The Kier molecular flexibility index (Phi) is 3.25. The summed E-state index contributed by atoms with van der Waals surface area (Å²) in [5.74, 6) is 6.12. The first-order valence-corrected chi connectivity index (χ1v) is 6.06. The van der Waals surface area contributed by atoms with Crippen LogP contribution in [0.4, 0.5) is 11.9 Å². The molecule has 2 rings (SSSR count). The molecule has 0 amide bonds. The largest absolute Gasteiger partial charge is 0.461 e. The second-order valence-electron chi connectivity index (χ2n) is 5.47. The van der Waals surface area contributed by atoms with E-state index in [0.717, 1.165) is 6.42 Å². The van der Waals surface area contributed by atoms with Crippen molar-refractivity contribution in [3.63, 3.8) is 0 Å². The molecule has 0 saturated heterocycles. The van der Waals surface area contributed by atoms with Gasteiger partial charge in [-0.3, -0.25) is 5.43 Å². The van der Waals surface area contributed by atoms with Crippen molar-refractivity contribution >= 4 is 11.9 Å².